The van der Waals surface area contributed by atoms with E-state index in [0.717, 1.165) is 5.56 Å². The maximum atomic E-state index is 11.6. The van der Waals surface area contributed by atoms with Crippen LogP contribution in [-0.2, 0) is 11.2 Å². The van der Waals surface area contributed by atoms with Crippen LogP contribution in [0.5, 0.6) is 0 Å². The van der Waals surface area contributed by atoms with Gasteiger partial charge in [0.15, 0.2) is 0 Å². The fraction of sp³-hybridized carbons (Fsp3) is 0.500. The second kappa shape index (κ2) is 7.13. The Morgan fingerprint density at radius 2 is 1.89 bits per heavy atom. The van der Waals surface area contributed by atoms with Gasteiger partial charge < -0.3 is 15.5 Å². The number of anilines is 1. The molecule has 1 unspecified atom stereocenters. The first-order chi connectivity index (χ1) is 8.52. The number of nitrogens with one attached hydrogen (secondary N) is 1. The number of carbonyl (C=O) groups is 1. The summed E-state index contributed by atoms with van der Waals surface area (Å²) in [6, 6.07) is 7.32. The molecular weight excluding hydrogens is 230 g/mol. The first-order valence-corrected chi connectivity index (χ1v) is 6.20. The molecule has 0 fully saturated rings. The molecule has 0 saturated carbocycles. The van der Waals surface area contributed by atoms with E-state index in [1.54, 1.807) is 12.1 Å². The van der Waals surface area contributed by atoms with Crippen molar-refractivity contribution in [1.82, 2.24) is 0 Å². The first kappa shape index (κ1) is 14.7. The lowest BCUT2D eigenvalue weighted by molar-refractivity contribution is -0.118. The normalized spacial score (nSPS) is 12.5. The molecule has 4 nitrogen and oxygen atoms in total. The van der Waals surface area contributed by atoms with Crippen molar-refractivity contribution in [3.05, 3.63) is 29.8 Å². The zero-order valence-corrected chi connectivity index (χ0v) is 10.9. The second-order valence-corrected chi connectivity index (χ2v) is 4.73. The fourth-order valence-electron chi connectivity index (χ4n) is 1.52. The molecule has 0 heterocycles. The summed E-state index contributed by atoms with van der Waals surface area (Å²) in [7, 11) is 0. The van der Waals surface area contributed by atoms with E-state index in [4.69, 9.17) is 5.11 Å². The predicted octanol–water partition coefficient (Wildman–Crippen LogP) is 1.57. The van der Waals surface area contributed by atoms with Crippen LogP contribution in [0.4, 0.5) is 5.69 Å². The quantitative estimate of drug-likeness (QED) is 0.718. The summed E-state index contributed by atoms with van der Waals surface area (Å²) in [6.07, 6.45) is 0.106. The zero-order chi connectivity index (χ0) is 13.5. The topological polar surface area (TPSA) is 69.6 Å². The number of amides is 1. The molecule has 1 amide bonds. The van der Waals surface area contributed by atoms with Gasteiger partial charge in [-0.1, -0.05) is 26.0 Å². The summed E-state index contributed by atoms with van der Waals surface area (Å²) < 4.78 is 0. The molecule has 100 valence electrons. The maximum absolute atomic E-state index is 11.6. The molecule has 3 N–H and O–H groups in total. The minimum Gasteiger partial charge on any atom is -0.396 e. The summed E-state index contributed by atoms with van der Waals surface area (Å²) in [5.74, 6) is -0.117. The molecule has 0 aliphatic carbocycles. The van der Waals surface area contributed by atoms with Crippen molar-refractivity contribution in [1.29, 1.82) is 0 Å². The molecule has 0 radical (unpaired) electrons. The Kier molecular flexibility index (Phi) is 5.82. The molecule has 4 heteroatoms. The maximum Gasteiger partial charge on any atom is 0.226 e. The smallest absolute Gasteiger partial charge is 0.226 e. The van der Waals surface area contributed by atoms with Gasteiger partial charge in [0, 0.05) is 12.3 Å². The molecule has 0 saturated heterocycles. The van der Waals surface area contributed by atoms with Gasteiger partial charge in [0.25, 0.3) is 0 Å². The Labute approximate surface area is 108 Å². The molecule has 0 aliphatic heterocycles. The van der Waals surface area contributed by atoms with Gasteiger partial charge in [-0.15, -0.1) is 0 Å². The van der Waals surface area contributed by atoms with Gasteiger partial charge in [0.05, 0.1) is 12.5 Å². The molecule has 0 aromatic heterocycles. The van der Waals surface area contributed by atoms with E-state index in [-0.39, 0.29) is 24.9 Å². The average Bonchev–Trinajstić information content (AvgIpc) is 2.31. The highest BCUT2D eigenvalue weighted by Gasteiger charge is 2.14. The predicted molar refractivity (Wildman–Crippen MR) is 71.3 cm³/mol. The number of hydrogen-bond acceptors (Lipinski definition) is 3. The third-order valence-corrected chi connectivity index (χ3v) is 2.80. The lowest BCUT2D eigenvalue weighted by Crippen LogP contribution is -2.23. The number of carbonyl (C=O) groups excluding carboxylic acids is 1. The monoisotopic (exact) mass is 251 g/mol. The number of hydrogen-bond donors (Lipinski definition) is 3. The number of aliphatic hydroxyl groups is 2. The van der Waals surface area contributed by atoms with E-state index < -0.39 is 6.10 Å². The molecule has 18 heavy (non-hydrogen) atoms. The van der Waals surface area contributed by atoms with Crippen LogP contribution < -0.4 is 5.32 Å². The van der Waals surface area contributed by atoms with Crippen LogP contribution in [0.1, 0.15) is 25.8 Å². The van der Waals surface area contributed by atoms with Gasteiger partial charge in [-0.25, -0.2) is 0 Å². The Hall–Kier alpha value is -1.39. The van der Waals surface area contributed by atoms with E-state index >= 15 is 0 Å². The molecule has 0 aliphatic rings. The van der Waals surface area contributed by atoms with Crippen LogP contribution in [-0.4, -0.2) is 28.8 Å². The Morgan fingerprint density at radius 1 is 1.28 bits per heavy atom. The summed E-state index contributed by atoms with van der Waals surface area (Å²) in [5, 5.41) is 21.1. The minimum atomic E-state index is -0.612. The standard InChI is InChI=1S/C14H21NO3/c1-10(2)13(17)9-14(18)15-12-5-3-11(4-6-12)7-8-16/h3-6,10,13,16-17H,7-9H2,1-2H3,(H,15,18). The van der Waals surface area contributed by atoms with Crippen LogP contribution >= 0.6 is 0 Å². The van der Waals surface area contributed by atoms with Crippen LogP contribution in [0.2, 0.25) is 0 Å². The summed E-state index contributed by atoms with van der Waals surface area (Å²) >= 11 is 0. The SMILES string of the molecule is CC(C)C(O)CC(=O)Nc1ccc(CCO)cc1. The van der Waals surface area contributed by atoms with E-state index in [1.807, 2.05) is 26.0 Å². The summed E-state index contributed by atoms with van der Waals surface area (Å²) in [4.78, 5) is 11.6. The molecule has 1 aromatic carbocycles. The average molecular weight is 251 g/mol. The number of benzene rings is 1. The molecule has 1 atom stereocenters. The molecule has 0 bridgehead atoms. The van der Waals surface area contributed by atoms with Crippen molar-refractivity contribution < 1.29 is 15.0 Å². The fourth-order valence-corrected chi connectivity index (χ4v) is 1.52. The first-order valence-electron chi connectivity index (χ1n) is 6.20. The van der Waals surface area contributed by atoms with Crippen LogP contribution in [0, 0.1) is 5.92 Å². The molecule has 1 rings (SSSR count). The Morgan fingerprint density at radius 3 is 2.39 bits per heavy atom. The number of rotatable bonds is 6. The van der Waals surface area contributed by atoms with Gasteiger partial charge in [0.1, 0.15) is 0 Å². The van der Waals surface area contributed by atoms with E-state index in [9.17, 15) is 9.90 Å². The molecule has 0 spiro atoms. The Bertz CT molecular complexity index is 373. The third kappa shape index (κ3) is 4.85. The second-order valence-electron chi connectivity index (χ2n) is 4.73. The van der Waals surface area contributed by atoms with Gasteiger partial charge in [-0.05, 0) is 30.0 Å². The largest absolute Gasteiger partial charge is 0.396 e. The highest BCUT2D eigenvalue weighted by Crippen LogP contribution is 2.12. The van der Waals surface area contributed by atoms with Crippen molar-refractivity contribution in [3.8, 4) is 0 Å². The van der Waals surface area contributed by atoms with E-state index in [1.165, 1.54) is 0 Å². The van der Waals surface area contributed by atoms with Crippen molar-refractivity contribution >= 4 is 11.6 Å². The summed E-state index contributed by atoms with van der Waals surface area (Å²) in [5.41, 5.74) is 1.73. The lowest BCUT2D eigenvalue weighted by Gasteiger charge is -2.14. The third-order valence-electron chi connectivity index (χ3n) is 2.80. The molecular formula is C14H21NO3. The van der Waals surface area contributed by atoms with Crippen molar-refractivity contribution in [2.45, 2.75) is 32.8 Å². The van der Waals surface area contributed by atoms with Gasteiger partial charge >= 0.3 is 0 Å². The van der Waals surface area contributed by atoms with Gasteiger partial charge in [0.2, 0.25) is 5.91 Å². The zero-order valence-electron chi connectivity index (χ0n) is 10.9. The van der Waals surface area contributed by atoms with Crippen molar-refractivity contribution in [2.24, 2.45) is 5.92 Å². The van der Waals surface area contributed by atoms with Crippen LogP contribution in [0.3, 0.4) is 0 Å². The number of aliphatic hydroxyl groups excluding tert-OH is 2. The Balaban J connectivity index is 2.49. The van der Waals surface area contributed by atoms with E-state index in [2.05, 4.69) is 5.32 Å². The minimum absolute atomic E-state index is 0.0719. The summed E-state index contributed by atoms with van der Waals surface area (Å²) in [6.45, 7) is 3.87. The van der Waals surface area contributed by atoms with Crippen molar-refractivity contribution in [2.75, 3.05) is 11.9 Å². The van der Waals surface area contributed by atoms with Gasteiger partial charge in [-0.2, -0.15) is 0 Å². The van der Waals surface area contributed by atoms with E-state index in [0.29, 0.717) is 12.1 Å². The van der Waals surface area contributed by atoms with Gasteiger partial charge in [-0.3, -0.25) is 4.79 Å². The highest BCUT2D eigenvalue weighted by atomic mass is 16.3. The highest BCUT2D eigenvalue weighted by molar-refractivity contribution is 5.91. The lowest BCUT2D eigenvalue weighted by atomic mass is 10.0. The van der Waals surface area contributed by atoms with Crippen LogP contribution in [0.15, 0.2) is 24.3 Å². The van der Waals surface area contributed by atoms with Crippen molar-refractivity contribution in [3.63, 3.8) is 0 Å². The molecule has 1 aromatic rings. The van der Waals surface area contributed by atoms with Crippen LogP contribution in [0.25, 0.3) is 0 Å².